The normalized spacial score (nSPS) is 11.2. The largest absolute Gasteiger partial charge is 0.461 e. The Bertz CT molecular complexity index is 421. The van der Waals surface area contributed by atoms with Gasteiger partial charge in [0.05, 0.1) is 0 Å². The lowest BCUT2D eigenvalue weighted by atomic mass is 10.00. The van der Waals surface area contributed by atoms with Gasteiger partial charge in [-0.05, 0) is 19.3 Å². The van der Waals surface area contributed by atoms with Crippen LogP contribution in [0.25, 0.3) is 0 Å². The molecule has 1 atom stereocenters. The number of carbonyl (C=O) groups is 3. The molecule has 0 bridgehead atoms. The second-order valence-corrected chi connectivity index (χ2v) is 4.99. The van der Waals surface area contributed by atoms with Crippen molar-refractivity contribution < 1.29 is 28.6 Å². The van der Waals surface area contributed by atoms with Crippen LogP contribution in [0.4, 0.5) is 0 Å². The van der Waals surface area contributed by atoms with Gasteiger partial charge in [-0.1, -0.05) is 25.3 Å². The fourth-order valence-corrected chi connectivity index (χ4v) is 1.78. The maximum absolute atomic E-state index is 11.9. The molecule has 7 heteroatoms. The summed E-state index contributed by atoms with van der Waals surface area (Å²) in [5.74, 6) is -1.30. The number of nitrogens with one attached hydrogen (secondary N) is 1. The van der Waals surface area contributed by atoms with Crippen LogP contribution in [-0.2, 0) is 28.6 Å². The van der Waals surface area contributed by atoms with Crippen molar-refractivity contribution in [1.29, 1.82) is 0 Å². The second-order valence-electron chi connectivity index (χ2n) is 4.99. The average molecular weight is 341 g/mol. The molecule has 0 aliphatic rings. The molecule has 0 heterocycles. The van der Waals surface area contributed by atoms with Crippen LogP contribution >= 0.6 is 0 Å². The van der Waals surface area contributed by atoms with Crippen molar-refractivity contribution >= 4 is 17.8 Å². The third-order valence-corrected chi connectivity index (χ3v) is 2.94. The van der Waals surface area contributed by atoms with Crippen molar-refractivity contribution in [1.82, 2.24) is 5.32 Å². The molecule has 0 aromatic rings. The van der Waals surface area contributed by atoms with Gasteiger partial charge in [0, 0.05) is 26.1 Å². The lowest BCUT2D eigenvalue weighted by Crippen LogP contribution is -2.32. The van der Waals surface area contributed by atoms with E-state index in [0.29, 0.717) is 19.6 Å². The summed E-state index contributed by atoms with van der Waals surface area (Å²) in [4.78, 5) is 34.7. The minimum Gasteiger partial charge on any atom is -0.461 e. The molecule has 0 radical (unpaired) electrons. The van der Waals surface area contributed by atoms with E-state index in [1.165, 1.54) is 12.2 Å². The van der Waals surface area contributed by atoms with Gasteiger partial charge in [0.1, 0.15) is 19.8 Å². The Labute approximate surface area is 143 Å². The average Bonchev–Trinajstić information content (AvgIpc) is 2.58. The van der Waals surface area contributed by atoms with Crippen molar-refractivity contribution in [2.75, 3.05) is 33.0 Å². The Hall–Kier alpha value is -2.15. The molecular weight excluding hydrogens is 314 g/mol. The van der Waals surface area contributed by atoms with Crippen molar-refractivity contribution in [2.45, 2.75) is 26.2 Å². The lowest BCUT2D eigenvalue weighted by Gasteiger charge is -2.16. The summed E-state index contributed by atoms with van der Waals surface area (Å²) >= 11 is 0. The molecule has 24 heavy (non-hydrogen) atoms. The molecule has 0 rings (SSSR count). The predicted molar refractivity (Wildman–Crippen MR) is 89.2 cm³/mol. The molecule has 0 saturated carbocycles. The Morgan fingerprint density at radius 2 is 1.71 bits per heavy atom. The van der Waals surface area contributed by atoms with Crippen LogP contribution in [0.3, 0.4) is 0 Å². The molecule has 1 amide bonds. The van der Waals surface area contributed by atoms with Gasteiger partial charge in [0.25, 0.3) is 0 Å². The summed E-state index contributed by atoms with van der Waals surface area (Å²) in [6.07, 6.45) is 3.76. The Morgan fingerprint density at radius 3 is 2.29 bits per heavy atom. The SMILES string of the molecule is C=CCOC(=O)CCC(COCC)CC(=O)NCC(=O)OCC=C. The zero-order valence-electron chi connectivity index (χ0n) is 14.3. The fraction of sp³-hybridized carbons (Fsp3) is 0.588. The van der Waals surface area contributed by atoms with Gasteiger partial charge in [-0.3, -0.25) is 14.4 Å². The van der Waals surface area contributed by atoms with E-state index in [-0.39, 0.29) is 50.4 Å². The third-order valence-electron chi connectivity index (χ3n) is 2.94. The van der Waals surface area contributed by atoms with Crippen LogP contribution in [0.2, 0.25) is 0 Å². The maximum atomic E-state index is 11.9. The minimum atomic E-state index is -0.530. The summed E-state index contributed by atoms with van der Waals surface area (Å²) in [6.45, 7) is 9.70. The number of carbonyl (C=O) groups excluding carboxylic acids is 3. The number of esters is 2. The molecule has 0 saturated heterocycles. The van der Waals surface area contributed by atoms with E-state index in [4.69, 9.17) is 14.2 Å². The van der Waals surface area contributed by atoms with E-state index in [1.807, 2.05) is 6.92 Å². The first-order valence-electron chi connectivity index (χ1n) is 7.90. The lowest BCUT2D eigenvalue weighted by molar-refractivity contribution is -0.143. The van der Waals surface area contributed by atoms with E-state index >= 15 is 0 Å². The molecule has 0 aromatic heterocycles. The molecule has 1 unspecified atom stereocenters. The van der Waals surface area contributed by atoms with Gasteiger partial charge in [0.15, 0.2) is 0 Å². The summed E-state index contributed by atoms with van der Waals surface area (Å²) in [6, 6.07) is 0. The van der Waals surface area contributed by atoms with Gasteiger partial charge in [0.2, 0.25) is 5.91 Å². The van der Waals surface area contributed by atoms with Gasteiger partial charge >= 0.3 is 11.9 Å². The number of hydrogen-bond acceptors (Lipinski definition) is 6. The summed E-state index contributed by atoms with van der Waals surface area (Å²) in [7, 11) is 0. The molecular formula is C17H27NO6. The molecule has 0 aromatic carbocycles. The van der Waals surface area contributed by atoms with Gasteiger partial charge in [-0.2, -0.15) is 0 Å². The summed E-state index contributed by atoms with van der Waals surface area (Å²) in [5, 5.41) is 2.49. The summed E-state index contributed by atoms with van der Waals surface area (Å²) < 4.78 is 15.0. The molecule has 0 aliphatic heterocycles. The van der Waals surface area contributed by atoms with E-state index in [0.717, 1.165) is 0 Å². The predicted octanol–water partition coefficient (Wildman–Crippen LogP) is 1.38. The zero-order valence-corrected chi connectivity index (χ0v) is 14.3. The van der Waals surface area contributed by atoms with Gasteiger partial charge in [-0.15, -0.1) is 0 Å². The summed E-state index contributed by atoms with van der Waals surface area (Å²) in [5.41, 5.74) is 0. The first kappa shape index (κ1) is 21.9. The van der Waals surface area contributed by atoms with Crippen LogP contribution < -0.4 is 5.32 Å². The van der Waals surface area contributed by atoms with E-state index in [9.17, 15) is 14.4 Å². The maximum Gasteiger partial charge on any atom is 0.325 e. The third kappa shape index (κ3) is 12.4. The molecule has 0 spiro atoms. The standard InChI is InChI=1S/C17H27NO6/c1-4-9-23-16(20)8-7-14(13-22-6-3)11-15(19)18-12-17(21)24-10-5-2/h4-5,14H,1-2,6-13H2,3H3,(H,18,19). The molecule has 136 valence electrons. The van der Waals surface area contributed by atoms with E-state index < -0.39 is 5.97 Å². The van der Waals surface area contributed by atoms with Crippen LogP contribution in [-0.4, -0.2) is 50.8 Å². The van der Waals surface area contributed by atoms with Crippen molar-refractivity contribution in [2.24, 2.45) is 5.92 Å². The highest BCUT2D eigenvalue weighted by Crippen LogP contribution is 2.13. The van der Waals surface area contributed by atoms with Crippen LogP contribution in [0.1, 0.15) is 26.2 Å². The van der Waals surface area contributed by atoms with E-state index in [1.54, 1.807) is 0 Å². The molecule has 0 aliphatic carbocycles. The monoisotopic (exact) mass is 341 g/mol. The topological polar surface area (TPSA) is 90.9 Å². The van der Waals surface area contributed by atoms with Crippen molar-refractivity contribution in [3.05, 3.63) is 25.3 Å². The highest BCUT2D eigenvalue weighted by atomic mass is 16.5. The van der Waals surface area contributed by atoms with Crippen molar-refractivity contribution in [3.8, 4) is 0 Å². The highest BCUT2D eigenvalue weighted by molar-refractivity contribution is 5.82. The smallest absolute Gasteiger partial charge is 0.325 e. The van der Waals surface area contributed by atoms with Crippen LogP contribution in [0.5, 0.6) is 0 Å². The first-order valence-corrected chi connectivity index (χ1v) is 7.90. The Balaban J connectivity index is 4.21. The minimum absolute atomic E-state index is 0.106. The van der Waals surface area contributed by atoms with Gasteiger partial charge < -0.3 is 19.5 Å². The zero-order chi connectivity index (χ0) is 18.2. The Kier molecular flexibility index (Phi) is 13.1. The number of rotatable bonds is 14. The van der Waals surface area contributed by atoms with E-state index in [2.05, 4.69) is 18.5 Å². The second kappa shape index (κ2) is 14.4. The van der Waals surface area contributed by atoms with Crippen molar-refractivity contribution in [3.63, 3.8) is 0 Å². The quantitative estimate of drug-likeness (QED) is 0.379. The molecule has 1 N–H and O–H groups in total. The molecule has 7 nitrogen and oxygen atoms in total. The van der Waals surface area contributed by atoms with Crippen LogP contribution in [0.15, 0.2) is 25.3 Å². The van der Waals surface area contributed by atoms with Gasteiger partial charge in [-0.25, -0.2) is 0 Å². The highest BCUT2D eigenvalue weighted by Gasteiger charge is 2.17. The number of amides is 1. The number of ether oxygens (including phenoxy) is 3. The number of hydrogen-bond donors (Lipinski definition) is 1. The first-order chi connectivity index (χ1) is 11.5. The fourth-order valence-electron chi connectivity index (χ4n) is 1.78. The van der Waals surface area contributed by atoms with Crippen LogP contribution in [0, 0.1) is 5.92 Å². The Morgan fingerprint density at radius 1 is 1.08 bits per heavy atom. The molecule has 0 fully saturated rings.